The maximum Gasteiger partial charge on any atom is 0.236 e. The maximum absolute atomic E-state index is 6.66. The van der Waals surface area contributed by atoms with E-state index in [2.05, 4.69) is 134 Å². The standard InChI is InChI=1S/C48H29N3OS/c1-48(2)24-27-9-3-4-11-28(27)29-19-17-26(23-33(29)48)44-46-45(32-12-5-6-15-36(32)52-46)50-47(49-44)51-34-20-18-25-10-7-13-30-31-14-8-16-37-40(31)43-38(53-37)22-21-35(51)42(43)41(34)39(25)30/h3-23H,24H2,1-2H3. The highest BCUT2D eigenvalue weighted by atomic mass is 32.1. The summed E-state index contributed by atoms with van der Waals surface area (Å²) in [6.07, 6.45) is 0.986. The largest absolute Gasteiger partial charge is 0.452 e. The summed E-state index contributed by atoms with van der Waals surface area (Å²) in [5, 5.41) is 8.75. The minimum Gasteiger partial charge on any atom is -0.452 e. The molecule has 13 rings (SSSR count). The highest BCUT2D eigenvalue weighted by Crippen LogP contribution is 2.52. The van der Waals surface area contributed by atoms with Crippen molar-refractivity contribution in [1.82, 2.24) is 14.5 Å². The Hall–Kier alpha value is -6.30. The summed E-state index contributed by atoms with van der Waals surface area (Å²) >= 11 is 1.88. The van der Waals surface area contributed by atoms with Crippen LogP contribution in [0.25, 0.3) is 114 Å². The topological polar surface area (TPSA) is 43.9 Å². The van der Waals surface area contributed by atoms with Crippen LogP contribution in [-0.4, -0.2) is 14.5 Å². The van der Waals surface area contributed by atoms with E-state index in [9.17, 15) is 0 Å². The van der Waals surface area contributed by atoms with Crippen molar-refractivity contribution < 1.29 is 4.42 Å². The third kappa shape index (κ3) is 3.51. The van der Waals surface area contributed by atoms with Crippen LogP contribution in [0.3, 0.4) is 0 Å². The van der Waals surface area contributed by atoms with E-state index in [1.54, 1.807) is 0 Å². The number of para-hydroxylation sites is 1. The zero-order valence-corrected chi connectivity index (χ0v) is 29.8. The van der Waals surface area contributed by atoms with Gasteiger partial charge in [-0.1, -0.05) is 98.8 Å². The molecule has 0 amide bonds. The Morgan fingerprint density at radius 1 is 0.623 bits per heavy atom. The first kappa shape index (κ1) is 28.3. The van der Waals surface area contributed by atoms with Gasteiger partial charge in [0, 0.05) is 41.9 Å². The lowest BCUT2D eigenvalue weighted by molar-refractivity contribution is 0.517. The zero-order chi connectivity index (χ0) is 34.7. The fraction of sp³-hybridized carbons (Fsp3) is 0.0833. The Morgan fingerprint density at radius 2 is 1.38 bits per heavy atom. The number of rotatable bonds is 2. The number of aromatic nitrogens is 3. The molecule has 0 atom stereocenters. The van der Waals surface area contributed by atoms with Crippen LogP contribution in [0.15, 0.2) is 132 Å². The molecule has 4 nitrogen and oxygen atoms in total. The molecule has 0 unspecified atom stereocenters. The van der Waals surface area contributed by atoms with E-state index in [0.29, 0.717) is 5.95 Å². The van der Waals surface area contributed by atoms with E-state index < -0.39 is 0 Å². The van der Waals surface area contributed by atoms with Crippen LogP contribution in [0.2, 0.25) is 0 Å². The van der Waals surface area contributed by atoms with Gasteiger partial charge < -0.3 is 4.42 Å². The van der Waals surface area contributed by atoms with E-state index in [4.69, 9.17) is 14.4 Å². The van der Waals surface area contributed by atoms with Gasteiger partial charge in [-0.3, -0.25) is 4.57 Å². The second-order valence-corrected chi connectivity index (χ2v) is 16.5. The van der Waals surface area contributed by atoms with Crippen LogP contribution in [0, 0.1) is 0 Å². The van der Waals surface area contributed by atoms with Crippen molar-refractivity contribution in [2.75, 3.05) is 0 Å². The van der Waals surface area contributed by atoms with Gasteiger partial charge in [0.15, 0.2) is 5.58 Å². The number of furan rings is 1. The summed E-state index contributed by atoms with van der Waals surface area (Å²) in [6, 6.07) is 46.6. The molecule has 4 heterocycles. The Kier molecular flexibility index (Phi) is 5.11. The predicted molar refractivity (Wildman–Crippen MR) is 221 cm³/mol. The molecule has 7 aromatic carbocycles. The molecule has 0 radical (unpaired) electrons. The van der Waals surface area contributed by atoms with Crippen molar-refractivity contribution in [3.63, 3.8) is 0 Å². The van der Waals surface area contributed by atoms with Crippen LogP contribution < -0.4 is 0 Å². The first-order valence-corrected chi connectivity index (χ1v) is 19.1. The first-order valence-electron chi connectivity index (χ1n) is 18.3. The van der Waals surface area contributed by atoms with Gasteiger partial charge in [-0.15, -0.1) is 11.3 Å². The van der Waals surface area contributed by atoms with Gasteiger partial charge in [0.25, 0.3) is 0 Å². The van der Waals surface area contributed by atoms with Gasteiger partial charge >= 0.3 is 0 Å². The molecule has 2 aliphatic carbocycles. The number of nitrogens with zero attached hydrogens (tertiary/aromatic N) is 3. The first-order chi connectivity index (χ1) is 26.0. The van der Waals surface area contributed by atoms with E-state index in [0.717, 1.165) is 50.8 Å². The molecule has 53 heavy (non-hydrogen) atoms. The minimum atomic E-state index is -0.0462. The molecule has 248 valence electrons. The monoisotopic (exact) mass is 695 g/mol. The molecule has 5 heteroatoms. The summed E-state index contributed by atoms with van der Waals surface area (Å²) in [5.41, 5.74) is 14.3. The molecular formula is C48H29N3OS. The summed E-state index contributed by atoms with van der Waals surface area (Å²) < 4.78 is 11.6. The Bertz CT molecular complexity index is 3470. The number of hydrogen-bond acceptors (Lipinski definition) is 4. The number of hydrogen-bond donors (Lipinski definition) is 0. The van der Waals surface area contributed by atoms with Gasteiger partial charge in [-0.05, 0) is 98.5 Å². The summed E-state index contributed by atoms with van der Waals surface area (Å²) in [4.78, 5) is 11.0. The molecule has 0 saturated carbocycles. The lowest BCUT2D eigenvalue weighted by Crippen LogP contribution is -2.25. The highest BCUT2D eigenvalue weighted by molar-refractivity contribution is 7.26. The van der Waals surface area contributed by atoms with Crippen molar-refractivity contribution in [3.05, 3.63) is 139 Å². The number of benzene rings is 7. The van der Waals surface area contributed by atoms with Crippen LogP contribution in [-0.2, 0) is 11.8 Å². The van der Waals surface area contributed by atoms with Crippen LogP contribution >= 0.6 is 11.3 Å². The second kappa shape index (κ2) is 9.57. The van der Waals surface area contributed by atoms with Crippen LogP contribution in [0.4, 0.5) is 0 Å². The molecule has 0 bridgehead atoms. The predicted octanol–water partition coefficient (Wildman–Crippen LogP) is 13.1. The highest BCUT2D eigenvalue weighted by Gasteiger charge is 2.32. The van der Waals surface area contributed by atoms with Gasteiger partial charge in [0.1, 0.15) is 16.8 Å². The van der Waals surface area contributed by atoms with E-state index in [-0.39, 0.29) is 5.41 Å². The molecule has 0 spiro atoms. The summed E-state index contributed by atoms with van der Waals surface area (Å²) in [7, 11) is 0. The maximum atomic E-state index is 6.66. The summed E-state index contributed by atoms with van der Waals surface area (Å²) in [6.45, 7) is 4.71. The molecule has 11 aromatic rings. The van der Waals surface area contributed by atoms with Crippen molar-refractivity contribution in [3.8, 4) is 39.5 Å². The van der Waals surface area contributed by atoms with Gasteiger partial charge in [0.05, 0.1) is 11.0 Å². The lowest BCUT2D eigenvalue weighted by atomic mass is 9.70. The quantitative estimate of drug-likeness (QED) is 0.181. The molecule has 0 saturated heterocycles. The zero-order valence-electron chi connectivity index (χ0n) is 29.0. The molecule has 0 aliphatic heterocycles. The Balaban J connectivity index is 1.17. The van der Waals surface area contributed by atoms with Gasteiger partial charge in [-0.2, -0.15) is 0 Å². The average molecular weight is 696 g/mol. The van der Waals surface area contributed by atoms with E-state index in [1.807, 2.05) is 23.5 Å². The minimum absolute atomic E-state index is 0.0462. The van der Waals surface area contributed by atoms with Crippen molar-refractivity contribution in [2.24, 2.45) is 0 Å². The molecule has 0 fully saturated rings. The van der Waals surface area contributed by atoms with E-state index in [1.165, 1.54) is 75.1 Å². The van der Waals surface area contributed by atoms with E-state index >= 15 is 0 Å². The van der Waals surface area contributed by atoms with Crippen molar-refractivity contribution >= 4 is 86.2 Å². The second-order valence-electron chi connectivity index (χ2n) is 15.4. The number of thiophene rings is 1. The third-order valence-electron chi connectivity index (χ3n) is 12.1. The Labute approximate surface area is 307 Å². The molecule has 0 N–H and O–H groups in total. The lowest BCUT2D eigenvalue weighted by Gasteiger charge is -2.34. The fourth-order valence-electron chi connectivity index (χ4n) is 9.81. The third-order valence-corrected chi connectivity index (χ3v) is 13.2. The van der Waals surface area contributed by atoms with Crippen LogP contribution in [0.5, 0.6) is 0 Å². The van der Waals surface area contributed by atoms with Gasteiger partial charge in [-0.25, -0.2) is 9.97 Å². The summed E-state index contributed by atoms with van der Waals surface area (Å²) in [5.74, 6) is 0.651. The van der Waals surface area contributed by atoms with Gasteiger partial charge in [0.2, 0.25) is 5.95 Å². The smallest absolute Gasteiger partial charge is 0.236 e. The molecule has 2 aliphatic rings. The van der Waals surface area contributed by atoms with Crippen molar-refractivity contribution in [1.29, 1.82) is 0 Å². The molecule has 4 aromatic heterocycles. The SMILES string of the molecule is CC1(C)Cc2ccccc2-c2ccc(-c3nc(-n4c5ccc6cccc7c6c5c5c6c(ccc54)sc4cccc-7c46)nc4c3oc3ccccc34)cc21. The van der Waals surface area contributed by atoms with Crippen molar-refractivity contribution in [2.45, 2.75) is 25.7 Å². The average Bonchev–Trinajstić information content (AvgIpc) is 3.83. The Morgan fingerprint density at radius 3 is 2.30 bits per heavy atom. The normalized spacial score (nSPS) is 14.3. The van der Waals surface area contributed by atoms with Crippen LogP contribution in [0.1, 0.15) is 25.0 Å². The number of fused-ring (bicyclic) bond motifs is 7. The molecular weight excluding hydrogens is 667 g/mol. The fourth-order valence-corrected chi connectivity index (χ4v) is 10.9.